The molecule has 106 valence electrons. The van der Waals surface area contributed by atoms with E-state index in [2.05, 4.69) is 0 Å². The summed E-state index contributed by atoms with van der Waals surface area (Å²) < 4.78 is 26.6. The molecule has 0 aliphatic carbocycles. The van der Waals surface area contributed by atoms with E-state index in [-0.39, 0.29) is 16.5 Å². The summed E-state index contributed by atoms with van der Waals surface area (Å²) in [4.78, 5) is 64.7. The van der Waals surface area contributed by atoms with Crippen molar-refractivity contribution in [3.63, 3.8) is 0 Å². The standard InChI is InChI=1S/Ni.3H3O4P/c;3*1-5(2,3)4/h;3*(H3,1,2,3,4). The minimum absolute atomic E-state index is 0. The molecule has 0 saturated heterocycles. The summed E-state index contributed by atoms with van der Waals surface area (Å²) in [5.41, 5.74) is 0. The molecule has 0 spiro atoms. The Bertz CT molecular complexity index is 202. The second-order valence-corrected chi connectivity index (χ2v) is 4.62. The third kappa shape index (κ3) is 4180. The summed E-state index contributed by atoms with van der Waals surface area (Å²) in [7, 11) is -13.9. The normalized spacial score (nSPS) is 11.1. The zero-order chi connectivity index (χ0) is 13.5. The molecule has 16 heavy (non-hydrogen) atoms. The third-order valence-electron chi connectivity index (χ3n) is 0. The van der Waals surface area contributed by atoms with Gasteiger partial charge in [0.1, 0.15) is 0 Å². The average molecular weight is 353 g/mol. The van der Waals surface area contributed by atoms with Crippen molar-refractivity contribution < 1.29 is 74.2 Å². The molecule has 12 nitrogen and oxygen atoms in total. The van der Waals surface area contributed by atoms with Crippen molar-refractivity contribution in [1.82, 2.24) is 0 Å². The Morgan fingerprint density at radius 3 is 0.438 bits per heavy atom. The van der Waals surface area contributed by atoms with Crippen molar-refractivity contribution >= 4 is 23.5 Å². The predicted molar refractivity (Wildman–Crippen MR) is 42.8 cm³/mol. The van der Waals surface area contributed by atoms with E-state index in [1.165, 1.54) is 0 Å². The Labute approximate surface area is 98.2 Å². The second kappa shape index (κ2) is 9.81. The van der Waals surface area contributed by atoms with E-state index in [0.717, 1.165) is 0 Å². The van der Waals surface area contributed by atoms with Crippen LogP contribution in [0.3, 0.4) is 0 Å². The van der Waals surface area contributed by atoms with Gasteiger partial charge in [-0.15, -0.1) is 0 Å². The van der Waals surface area contributed by atoms with Crippen LogP contribution in [0.25, 0.3) is 0 Å². The summed E-state index contributed by atoms with van der Waals surface area (Å²) in [6, 6.07) is 0. The Morgan fingerprint density at radius 2 is 0.438 bits per heavy atom. The molecule has 0 unspecified atom stereocenters. The van der Waals surface area contributed by atoms with Gasteiger partial charge in [-0.25, -0.2) is 13.7 Å². The molecular weight excluding hydrogens is 344 g/mol. The van der Waals surface area contributed by atoms with Crippen LogP contribution in [-0.2, 0) is 30.2 Å². The zero-order valence-electron chi connectivity index (χ0n) is 6.91. The molecule has 0 heterocycles. The number of phosphoric acid groups is 3. The monoisotopic (exact) mass is 352 g/mol. The molecule has 0 aliphatic heterocycles. The van der Waals surface area contributed by atoms with Gasteiger partial charge in [0, 0.05) is 16.5 Å². The van der Waals surface area contributed by atoms with Crippen LogP contribution >= 0.6 is 23.5 Å². The molecular formula is H9NiO12P3. The van der Waals surface area contributed by atoms with Crippen LogP contribution in [0, 0.1) is 0 Å². The fourth-order valence-electron chi connectivity index (χ4n) is 0. The van der Waals surface area contributed by atoms with Crippen molar-refractivity contribution in [2.45, 2.75) is 0 Å². The van der Waals surface area contributed by atoms with Crippen LogP contribution in [0.5, 0.6) is 0 Å². The molecule has 0 fully saturated rings. The van der Waals surface area contributed by atoms with Crippen molar-refractivity contribution in [3.8, 4) is 0 Å². The van der Waals surface area contributed by atoms with E-state index in [4.69, 9.17) is 57.7 Å². The van der Waals surface area contributed by atoms with Gasteiger partial charge < -0.3 is 44.0 Å². The molecule has 0 radical (unpaired) electrons. The van der Waals surface area contributed by atoms with E-state index >= 15 is 0 Å². The Balaban J connectivity index is -0.0000000655. The van der Waals surface area contributed by atoms with Crippen molar-refractivity contribution in [1.29, 1.82) is 0 Å². The van der Waals surface area contributed by atoms with Crippen LogP contribution < -0.4 is 0 Å². The summed E-state index contributed by atoms with van der Waals surface area (Å²) in [6.45, 7) is 0. The van der Waals surface area contributed by atoms with Crippen LogP contribution in [-0.4, -0.2) is 44.0 Å². The van der Waals surface area contributed by atoms with Gasteiger partial charge in [0.15, 0.2) is 0 Å². The molecule has 9 N–H and O–H groups in total. The van der Waals surface area contributed by atoms with Crippen molar-refractivity contribution in [3.05, 3.63) is 0 Å². The van der Waals surface area contributed by atoms with Crippen molar-refractivity contribution in [2.75, 3.05) is 0 Å². The van der Waals surface area contributed by atoms with E-state index in [1.54, 1.807) is 0 Å². The average Bonchev–Trinajstić information content (AvgIpc) is 1.41. The van der Waals surface area contributed by atoms with Gasteiger partial charge in [-0.3, -0.25) is 0 Å². The second-order valence-electron chi connectivity index (χ2n) is 1.54. The summed E-state index contributed by atoms with van der Waals surface area (Å²) >= 11 is 0. The molecule has 0 bridgehead atoms. The smallest absolute Gasteiger partial charge is 0.303 e. The molecule has 0 aromatic carbocycles. The Morgan fingerprint density at radius 1 is 0.438 bits per heavy atom. The predicted octanol–water partition coefficient (Wildman–Crippen LogP) is -2.79. The largest absolute Gasteiger partial charge is 0.466 e. The first-order valence-corrected chi connectivity index (χ1v) is 7.04. The van der Waals surface area contributed by atoms with Crippen LogP contribution in [0.1, 0.15) is 0 Å². The molecule has 0 atom stereocenters. The van der Waals surface area contributed by atoms with E-state index < -0.39 is 23.5 Å². The van der Waals surface area contributed by atoms with Gasteiger partial charge in [-0.05, 0) is 0 Å². The molecule has 0 amide bonds. The maximum absolute atomic E-state index is 8.88. The van der Waals surface area contributed by atoms with Gasteiger partial charge >= 0.3 is 23.5 Å². The summed E-state index contributed by atoms with van der Waals surface area (Å²) in [5.74, 6) is 0. The van der Waals surface area contributed by atoms with Crippen LogP contribution in [0.15, 0.2) is 0 Å². The van der Waals surface area contributed by atoms with Gasteiger partial charge in [-0.2, -0.15) is 0 Å². The van der Waals surface area contributed by atoms with E-state index in [1.807, 2.05) is 0 Å². The Kier molecular flexibility index (Phi) is 15.7. The minimum Gasteiger partial charge on any atom is -0.303 e. The summed E-state index contributed by atoms with van der Waals surface area (Å²) in [5, 5.41) is 0. The van der Waals surface area contributed by atoms with Crippen LogP contribution in [0.2, 0.25) is 0 Å². The van der Waals surface area contributed by atoms with Gasteiger partial charge in [0.2, 0.25) is 0 Å². The van der Waals surface area contributed by atoms with Gasteiger partial charge in [0.05, 0.1) is 0 Å². The number of rotatable bonds is 0. The van der Waals surface area contributed by atoms with Crippen LogP contribution in [0.4, 0.5) is 0 Å². The topological polar surface area (TPSA) is 233 Å². The maximum Gasteiger partial charge on any atom is 0.466 e. The maximum atomic E-state index is 8.88. The molecule has 0 aromatic heterocycles. The summed E-state index contributed by atoms with van der Waals surface area (Å²) in [6.07, 6.45) is 0. The quantitative estimate of drug-likeness (QED) is 0.159. The molecule has 0 saturated carbocycles. The molecule has 16 heteroatoms. The number of hydrogen-bond donors (Lipinski definition) is 9. The van der Waals surface area contributed by atoms with Crippen molar-refractivity contribution in [2.24, 2.45) is 0 Å². The molecule has 0 aromatic rings. The van der Waals surface area contributed by atoms with E-state index in [0.29, 0.717) is 0 Å². The SMILES string of the molecule is O=P(O)(O)O.O=P(O)(O)O.O=P(O)(O)O.[Ni]. The van der Waals surface area contributed by atoms with Gasteiger partial charge in [-0.1, -0.05) is 0 Å². The molecule has 0 rings (SSSR count). The van der Waals surface area contributed by atoms with Gasteiger partial charge in [0.25, 0.3) is 0 Å². The first-order chi connectivity index (χ1) is 6.00. The molecule has 0 aliphatic rings. The zero-order valence-corrected chi connectivity index (χ0v) is 10.6. The first kappa shape index (κ1) is 25.6. The minimum atomic E-state index is -4.64. The first-order valence-electron chi connectivity index (χ1n) is 2.35. The third-order valence-corrected chi connectivity index (χ3v) is 0. The fourth-order valence-corrected chi connectivity index (χ4v) is 0. The fraction of sp³-hybridized carbons (Fsp3) is 0. The van der Waals surface area contributed by atoms with E-state index in [9.17, 15) is 0 Å². The number of hydrogen-bond acceptors (Lipinski definition) is 3. The Hall–Kier alpha value is 0.824.